The van der Waals surface area contributed by atoms with Gasteiger partial charge in [0.2, 0.25) is 5.91 Å². The van der Waals surface area contributed by atoms with Crippen molar-refractivity contribution >= 4 is 44.6 Å². The molecule has 1 fully saturated rings. The van der Waals surface area contributed by atoms with Crippen molar-refractivity contribution in [1.82, 2.24) is 4.31 Å². The van der Waals surface area contributed by atoms with Gasteiger partial charge in [0, 0.05) is 24.0 Å². The largest absolute Gasteiger partial charge is 0.325 e. The molecule has 2 heterocycles. The molecule has 1 amide bonds. The Hall–Kier alpha value is -1.92. The first-order chi connectivity index (χ1) is 12.9. The predicted octanol–water partition coefficient (Wildman–Crippen LogP) is 3.85. The lowest BCUT2D eigenvalue weighted by Crippen LogP contribution is -2.45. The van der Waals surface area contributed by atoms with Crippen LogP contribution in [0.2, 0.25) is 5.02 Å². The van der Waals surface area contributed by atoms with Crippen LogP contribution in [-0.4, -0.2) is 31.2 Å². The van der Waals surface area contributed by atoms with E-state index in [-0.39, 0.29) is 16.5 Å². The second kappa shape index (κ2) is 8.40. The molecule has 0 radical (unpaired) electrons. The summed E-state index contributed by atoms with van der Waals surface area (Å²) in [5, 5.41) is 14.0. The van der Waals surface area contributed by atoms with Crippen molar-refractivity contribution in [2.45, 2.75) is 35.9 Å². The number of hydrogen-bond donors (Lipinski definition) is 1. The van der Waals surface area contributed by atoms with Crippen LogP contribution in [0.1, 0.15) is 31.2 Å². The van der Waals surface area contributed by atoms with E-state index >= 15 is 0 Å². The van der Waals surface area contributed by atoms with Gasteiger partial charge in [-0.15, -0.1) is 11.3 Å². The number of nitriles is 1. The molecule has 9 heteroatoms. The average Bonchev–Trinajstić information content (AvgIpc) is 3.18. The second-order valence-electron chi connectivity index (χ2n) is 6.25. The van der Waals surface area contributed by atoms with E-state index in [4.69, 9.17) is 16.9 Å². The van der Waals surface area contributed by atoms with Crippen LogP contribution in [-0.2, 0) is 14.8 Å². The molecule has 1 aliphatic heterocycles. The third kappa shape index (κ3) is 4.50. The van der Waals surface area contributed by atoms with Crippen LogP contribution in [0.3, 0.4) is 0 Å². The lowest BCUT2D eigenvalue weighted by atomic mass is 10.0. The second-order valence-corrected chi connectivity index (χ2v) is 9.75. The van der Waals surface area contributed by atoms with Crippen molar-refractivity contribution in [3.63, 3.8) is 0 Å². The van der Waals surface area contributed by atoms with Crippen molar-refractivity contribution in [3.05, 3.63) is 46.3 Å². The highest BCUT2D eigenvalue weighted by molar-refractivity contribution is 7.91. The van der Waals surface area contributed by atoms with Crippen LogP contribution in [0.4, 0.5) is 5.69 Å². The van der Waals surface area contributed by atoms with E-state index < -0.39 is 16.1 Å². The fourth-order valence-electron chi connectivity index (χ4n) is 3.15. The first kappa shape index (κ1) is 19.8. The molecule has 1 saturated heterocycles. The van der Waals surface area contributed by atoms with Crippen LogP contribution >= 0.6 is 22.9 Å². The lowest BCUT2D eigenvalue weighted by molar-refractivity contribution is -0.117. The summed E-state index contributed by atoms with van der Waals surface area (Å²) in [5.41, 5.74) is 0.637. The van der Waals surface area contributed by atoms with Crippen LogP contribution < -0.4 is 5.32 Å². The molecular weight excluding hydrogens is 406 g/mol. The number of benzene rings is 1. The van der Waals surface area contributed by atoms with Crippen molar-refractivity contribution in [2.75, 3.05) is 11.9 Å². The van der Waals surface area contributed by atoms with Crippen LogP contribution in [0, 0.1) is 11.3 Å². The normalized spacial score (nSPS) is 18.0. The number of sulfonamides is 1. The third-order valence-electron chi connectivity index (χ3n) is 4.43. The van der Waals surface area contributed by atoms with Crippen molar-refractivity contribution in [2.24, 2.45) is 0 Å². The highest BCUT2D eigenvalue weighted by atomic mass is 35.5. The van der Waals surface area contributed by atoms with Gasteiger partial charge in [0.15, 0.2) is 0 Å². The maximum Gasteiger partial charge on any atom is 0.252 e. The topological polar surface area (TPSA) is 90.3 Å². The number of halogens is 1. The molecule has 0 unspecified atom stereocenters. The molecule has 0 saturated carbocycles. The number of thiophene rings is 1. The molecule has 3 rings (SSSR count). The van der Waals surface area contributed by atoms with E-state index in [1.807, 2.05) is 6.07 Å². The standard InChI is InChI=1S/C18H18ClN3O3S2/c19-14-7-6-13(12-20)16(10-14)21-17(23)11-15-4-1-2-8-22(15)27(24,25)18-5-3-9-26-18/h3,5-7,9-10,15H,1-2,4,8,11H2,(H,21,23)/t15-/m0/s1. The zero-order chi connectivity index (χ0) is 19.4. The Bertz CT molecular complexity index is 968. The number of nitrogens with zero attached hydrogens (tertiary/aromatic N) is 2. The Morgan fingerprint density at radius 3 is 2.89 bits per heavy atom. The van der Waals surface area contributed by atoms with E-state index in [0.717, 1.165) is 12.8 Å². The summed E-state index contributed by atoms with van der Waals surface area (Å²) >= 11 is 7.11. The molecule has 142 valence electrons. The molecule has 0 bridgehead atoms. The Labute approximate surface area is 167 Å². The van der Waals surface area contributed by atoms with Gasteiger partial charge in [-0.3, -0.25) is 4.79 Å². The Kier molecular flexibility index (Phi) is 6.17. The number of carbonyl (C=O) groups excluding carboxylic acids is 1. The maximum atomic E-state index is 12.9. The molecule has 6 nitrogen and oxygen atoms in total. The minimum absolute atomic E-state index is 0.0297. The Balaban J connectivity index is 1.76. The summed E-state index contributed by atoms with van der Waals surface area (Å²) in [4.78, 5) is 12.5. The fourth-order valence-corrected chi connectivity index (χ4v) is 6.14. The Morgan fingerprint density at radius 2 is 2.19 bits per heavy atom. The SMILES string of the molecule is N#Cc1ccc(Cl)cc1NC(=O)C[C@@H]1CCCCN1S(=O)(=O)c1cccs1. The molecule has 0 aliphatic carbocycles. The van der Waals surface area contributed by atoms with E-state index in [1.54, 1.807) is 23.6 Å². The summed E-state index contributed by atoms with van der Waals surface area (Å²) in [7, 11) is -3.61. The van der Waals surface area contributed by atoms with Gasteiger partial charge in [-0.1, -0.05) is 24.1 Å². The third-order valence-corrected chi connectivity index (χ3v) is 7.99. The Morgan fingerprint density at radius 1 is 1.37 bits per heavy atom. The number of piperidine rings is 1. The minimum atomic E-state index is -3.61. The number of carbonyl (C=O) groups is 1. The molecule has 1 N–H and O–H groups in total. The number of nitrogens with one attached hydrogen (secondary N) is 1. The van der Waals surface area contributed by atoms with Crippen LogP contribution in [0.5, 0.6) is 0 Å². The first-order valence-corrected chi connectivity index (χ1v) is 11.2. The van der Waals surface area contributed by atoms with Gasteiger partial charge in [0.05, 0.1) is 11.3 Å². The van der Waals surface area contributed by atoms with Gasteiger partial charge in [0.1, 0.15) is 10.3 Å². The van der Waals surface area contributed by atoms with Crippen LogP contribution in [0.15, 0.2) is 39.9 Å². The number of anilines is 1. The number of amides is 1. The smallest absolute Gasteiger partial charge is 0.252 e. The quantitative estimate of drug-likeness (QED) is 0.790. The summed E-state index contributed by atoms with van der Waals surface area (Å²) < 4.78 is 27.5. The maximum absolute atomic E-state index is 12.9. The van der Waals surface area contributed by atoms with E-state index in [1.165, 1.54) is 27.8 Å². The van der Waals surface area contributed by atoms with Crippen LogP contribution in [0.25, 0.3) is 0 Å². The fraction of sp³-hybridized carbons (Fsp3) is 0.333. The average molecular weight is 424 g/mol. The summed E-state index contributed by atoms with van der Waals surface area (Å²) in [6.45, 7) is 0.402. The molecule has 27 heavy (non-hydrogen) atoms. The van der Waals surface area contributed by atoms with Gasteiger partial charge < -0.3 is 5.32 Å². The van der Waals surface area contributed by atoms with Crippen molar-refractivity contribution < 1.29 is 13.2 Å². The lowest BCUT2D eigenvalue weighted by Gasteiger charge is -2.34. The van der Waals surface area contributed by atoms with Gasteiger partial charge in [-0.05, 0) is 42.5 Å². The monoisotopic (exact) mass is 423 g/mol. The van der Waals surface area contributed by atoms with E-state index in [0.29, 0.717) is 29.2 Å². The highest BCUT2D eigenvalue weighted by Crippen LogP contribution is 2.29. The van der Waals surface area contributed by atoms with Crippen molar-refractivity contribution in [3.8, 4) is 6.07 Å². The molecular formula is C18H18ClN3O3S2. The zero-order valence-electron chi connectivity index (χ0n) is 14.4. The number of hydrogen-bond acceptors (Lipinski definition) is 5. The van der Waals surface area contributed by atoms with Gasteiger partial charge >= 0.3 is 0 Å². The molecule has 1 aromatic heterocycles. The van der Waals surface area contributed by atoms with Gasteiger partial charge in [-0.2, -0.15) is 9.57 Å². The summed E-state index contributed by atoms with van der Waals surface area (Å²) in [5.74, 6) is -0.341. The zero-order valence-corrected chi connectivity index (χ0v) is 16.8. The molecule has 1 atom stereocenters. The predicted molar refractivity (Wildman–Crippen MR) is 105 cm³/mol. The highest BCUT2D eigenvalue weighted by Gasteiger charge is 2.35. The summed E-state index contributed by atoms with van der Waals surface area (Å²) in [6, 6.07) is 9.50. The number of rotatable bonds is 5. The summed E-state index contributed by atoms with van der Waals surface area (Å²) in [6.07, 6.45) is 2.30. The minimum Gasteiger partial charge on any atom is -0.325 e. The van der Waals surface area contributed by atoms with Gasteiger partial charge in [-0.25, -0.2) is 8.42 Å². The first-order valence-electron chi connectivity index (χ1n) is 8.46. The van der Waals surface area contributed by atoms with E-state index in [2.05, 4.69) is 5.32 Å². The molecule has 2 aromatic rings. The molecule has 1 aromatic carbocycles. The van der Waals surface area contributed by atoms with Gasteiger partial charge in [0.25, 0.3) is 10.0 Å². The van der Waals surface area contributed by atoms with Crippen molar-refractivity contribution in [1.29, 1.82) is 5.26 Å². The van der Waals surface area contributed by atoms with E-state index in [9.17, 15) is 13.2 Å². The molecule has 0 spiro atoms. The molecule has 1 aliphatic rings.